The van der Waals surface area contributed by atoms with Crippen LogP contribution in [-0.4, -0.2) is 31.1 Å². The standard InChI is InChI=1S/C18H20ClN3O4.ClH/c19-13-10-12(21-18(24)16(20)11-5-8-25-9-6-11)3-4-14(13)22-17(23)15-2-1-7-26-15;/h1-4,7,10-11,16H,5-6,8-9,20H2,(H,21,24)(H,22,23);1H. The lowest BCUT2D eigenvalue weighted by Gasteiger charge is -2.26. The third-order valence-electron chi connectivity index (χ3n) is 4.31. The molecule has 2 aromatic rings. The van der Waals surface area contributed by atoms with Crippen LogP contribution < -0.4 is 16.4 Å². The van der Waals surface area contributed by atoms with Gasteiger partial charge in [0.05, 0.1) is 23.0 Å². The van der Waals surface area contributed by atoms with E-state index in [0.717, 1.165) is 12.8 Å². The molecule has 146 valence electrons. The van der Waals surface area contributed by atoms with Crippen molar-refractivity contribution in [3.63, 3.8) is 0 Å². The van der Waals surface area contributed by atoms with Crippen LogP contribution in [-0.2, 0) is 9.53 Å². The number of rotatable bonds is 5. The van der Waals surface area contributed by atoms with Crippen LogP contribution in [0.2, 0.25) is 5.02 Å². The van der Waals surface area contributed by atoms with E-state index in [1.165, 1.54) is 6.26 Å². The Bertz CT molecular complexity index is 777. The third-order valence-corrected chi connectivity index (χ3v) is 4.62. The van der Waals surface area contributed by atoms with Crippen LogP contribution in [0.25, 0.3) is 0 Å². The zero-order chi connectivity index (χ0) is 18.5. The lowest BCUT2D eigenvalue weighted by Crippen LogP contribution is -2.44. The molecule has 0 bridgehead atoms. The molecule has 27 heavy (non-hydrogen) atoms. The van der Waals surface area contributed by atoms with Gasteiger partial charge in [0.2, 0.25) is 5.91 Å². The molecule has 1 aromatic heterocycles. The highest BCUT2D eigenvalue weighted by Gasteiger charge is 2.26. The van der Waals surface area contributed by atoms with Crippen LogP contribution in [0.3, 0.4) is 0 Å². The van der Waals surface area contributed by atoms with Crippen LogP contribution in [0, 0.1) is 5.92 Å². The van der Waals surface area contributed by atoms with E-state index in [1.54, 1.807) is 30.3 Å². The van der Waals surface area contributed by atoms with Gasteiger partial charge in [-0.05, 0) is 49.1 Å². The number of hydrogen-bond donors (Lipinski definition) is 3. The Morgan fingerprint density at radius 1 is 1.19 bits per heavy atom. The molecule has 1 atom stereocenters. The number of halogens is 2. The van der Waals surface area contributed by atoms with E-state index in [4.69, 9.17) is 26.5 Å². The van der Waals surface area contributed by atoms with Gasteiger partial charge in [-0.15, -0.1) is 12.4 Å². The third kappa shape index (κ3) is 5.46. The monoisotopic (exact) mass is 413 g/mol. The average Bonchev–Trinajstić information content (AvgIpc) is 3.19. The molecular formula is C18H21Cl2N3O4. The quantitative estimate of drug-likeness (QED) is 0.696. The summed E-state index contributed by atoms with van der Waals surface area (Å²) in [5.41, 5.74) is 6.99. The first-order chi connectivity index (χ1) is 12.5. The van der Waals surface area contributed by atoms with E-state index in [9.17, 15) is 9.59 Å². The van der Waals surface area contributed by atoms with Gasteiger partial charge in [0.1, 0.15) is 0 Å². The fourth-order valence-corrected chi connectivity index (χ4v) is 3.03. The molecule has 0 saturated carbocycles. The van der Waals surface area contributed by atoms with Crippen LogP contribution in [0.15, 0.2) is 41.0 Å². The second kappa shape index (κ2) is 9.75. The van der Waals surface area contributed by atoms with Gasteiger partial charge in [-0.25, -0.2) is 0 Å². The molecule has 1 fully saturated rings. The van der Waals surface area contributed by atoms with Gasteiger partial charge in [-0.1, -0.05) is 11.6 Å². The van der Waals surface area contributed by atoms with E-state index in [1.807, 2.05) is 0 Å². The molecule has 4 N–H and O–H groups in total. The Hall–Kier alpha value is -2.06. The number of carbonyl (C=O) groups is 2. The molecule has 0 aliphatic carbocycles. The van der Waals surface area contributed by atoms with E-state index in [-0.39, 0.29) is 30.0 Å². The number of amides is 2. The van der Waals surface area contributed by atoms with Crippen molar-refractivity contribution in [3.05, 3.63) is 47.4 Å². The van der Waals surface area contributed by atoms with Crippen molar-refractivity contribution < 1.29 is 18.7 Å². The van der Waals surface area contributed by atoms with Crippen molar-refractivity contribution in [2.75, 3.05) is 23.8 Å². The Morgan fingerprint density at radius 3 is 2.56 bits per heavy atom. The van der Waals surface area contributed by atoms with E-state index in [0.29, 0.717) is 29.6 Å². The van der Waals surface area contributed by atoms with Gasteiger partial charge < -0.3 is 25.5 Å². The Balaban J connectivity index is 0.00000261. The van der Waals surface area contributed by atoms with Gasteiger partial charge in [0.25, 0.3) is 5.91 Å². The highest BCUT2D eigenvalue weighted by Crippen LogP contribution is 2.27. The number of nitrogens with two attached hydrogens (primary N) is 1. The molecule has 1 aliphatic rings. The maximum Gasteiger partial charge on any atom is 0.291 e. The smallest absolute Gasteiger partial charge is 0.291 e. The predicted octanol–water partition coefficient (Wildman–Crippen LogP) is 3.30. The minimum atomic E-state index is -0.601. The van der Waals surface area contributed by atoms with Gasteiger partial charge in [-0.3, -0.25) is 9.59 Å². The summed E-state index contributed by atoms with van der Waals surface area (Å²) in [6, 6.07) is 7.40. The summed E-state index contributed by atoms with van der Waals surface area (Å²) >= 11 is 6.20. The van der Waals surface area contributed by atoms with Crippen molar-refractivity contribution in [1.82, 2.24) is 0 Å². The molecular weight excluding hydrogens is 393 g/mol. The number of hydrogen-bond acceptors (Lipinski definition) is 5. The minimum absolute atomic E-state index is 0. The molecule has 1 aliphatic heterocycles. The highest BCUT2D eigenvalue weighted by atomic mass is 35.5. The molecule has 3 rings (SSSR count). The normalized spacial score (nSPS) is 15.5. The molecule has 9 heteroatoms. The van der Waals surface area contributed by atoms with Crippen LogP contribution in [0.4, 0.5) is 11.4 Å². The SMILES string of the molecule is Cl.NC(C(=O)Nc1ccc(NC(=O)c2ccco2)c(Cl)c1)C1CCOCC1. The zero-order valence-corrected chi connectivity index (χ0v) is 16.0. The average molecular weight is 414 g/mol. The number of nitrogens with one attached hydrogen (secondary N) is 2. The number of ether oxygens (including phenoxy) is 1. The first-order valence-corrected chi connectivity index (χ1v) is 8.71. The number of furan rings is 1. The molecule has 2 amide bonds. The van der Waals surface area contributed by atoms with Crippen molar-refractivity contribution in [2.45, 2.75) is 18.9 Å². The van der Waals surface area contributed by atoms with Gasteiger partial charge in [0.15, 0.2) is 5.76 Å². The van der Waals surface area contributed by atoms with Crippen LogP contribution in [0.5, 0.6) is 0 Å². The van der Waals surface area contributed by atoms with Gasteiger partial charge in [-0.2, -0.15) is 0 Å². The molecule has 1 aromatic carbocycles. The Morgan fingerprint density at radius 2 is 1.93 bits per heavy atom. The number of benzene rings is 1. The summed E-state index contributed by atoms with van der Waals surface area (Å²) in [5, 5.41) is 5.71. The highest BCUT2D eigenvalue weighted by molar-refractivity contribution is 6.34. The minimum Gasteiger partial charge on any atom is -0.459 e. The second-order valence-electron chi connectivity index (χ2n) is 6.09. The molecule has 1 unspecified atom stereocenters. The van der Waals surface area contributed by atoms with E-state index >= 15 is 0 Å². The summed E-state index contributed by atoms with van der Waals surface area (Å²) < 4.78 is 10.3. The topological polar surface area (TPSA) is 107 Å². The summed E-state index contributed by atoms with van der Waals surface area (Å²) in [4.78, 5) is 24.3. The Labute approximate surface area is 168 Å². The van der Waals surface area contributed by atoms with Crippen molar-refractivity contribution in [2.24, 2.45) is 11.7 Å². The zero-order valence-electron chi connectivity index (χ0n) is 14.4. The van der Waals surface area contributed by atoms with Crippen molar-refractivity contribution >= 4 is 47.2 Å². The molecule has 0 spiro atoms. The summed E-state index contributed by atoms with van der Waals surface area (Å²) in [7, 11) is 0. The van der Waals surface area contributed by atoms with Gasteiger partial charge in [0, 0.05) is 18.9 Å². The lowest BCUT2D eigenvalue weighted by molar-refractivity contribution is -0.119. The molecule has 7 nitrogen and oxygen atoms in total. The fourth-order valence-electron chi connectivity index (χ4n) is 2.80. The predicted molar refractivity (Wildman–Crippen MR) is 106 cm³/mol. The molecule has 1 saturated heterocycles. The number of carbonyl (C=O) groups excluding carboxylic acids is 2. The first-order valence-electron chi connectivity index (χ1n) is 8.33. The maximum atomic E-state index is 12.3. The van der Waals surface area contributed by atoms with Crippen LogP contribution >= 0.6 is 24.0 Å². The van der Waals surface area contributed by atoms with E-state index in [2.05, 4.69) is 10.6 Å². The molecule has 0 radical (unpaired) electrons. The summed E-state index contributed by atoms with van der Waals surface area (Å²) in [5.74, 6) is -0.387. The molecule has 2 heterocycles. The number of anilines is 2. The Kier molecular flexibility index (Phi) is 7.67. The van der Waals surface area contributed by atoms with Crippen molar-refractivity contribution in [1.29, 1.82) is 0 Å². The first kappa shape index (κ1) is 21.2. The maximum absolute atomic E-state index is 12.3. The van der Waals surface area contributed by atoms with Crippen LogP contribution in [0.1, 0.15) is 23.4 Å². The fraction of sp³-hybridized carbons (Fsp3) is 0.333. The second-order valence-corrected chi connectivity index (χ2v) is 6.50. The largest absolute Gasteiger partial charge is 0.459 e. The van der Waals surface area contributed by atoms with E-state index < -0.39 is 11.9 Å². The summed E-state index contributed by atoms with van der Waals surface area (Å²) in [6.07, 6.45) is 2.96. The lowest BCUT2D eigenvalue weighted by atomic mass is 9.92. The van der Waals surface area contributed by atoms with Gasteiger partial charge >= 0.3 is 0 Å². The van der Waals surface area contributed by atoms with Crippen molar-refractivity contribution in [3.8, 4) is 0 Å². The summed E-state index contributed by atoms with van der Waals surface area (Å²) in [6.45, 7) is 1.25.